The Labute approximate surface area is 137 Å². The first kappa shape index (κ1) is 17.2. The lowest BCUT2D eigenvalue weighted by atomic mass is 10.4. The number of anilines is 2. The molecule has 0 fully saturated rings. The molecule has 0 saturated heterocycles. The molecule has 0 bridgehead atoms. The second-order valence-electron chi connectivity index (χ2n) is 5.43. The fraction of sp³-hybridized carbons (Fsp3) is 0.312. The quantitative estimate of drug-likeness (QED) is 0.724. The molecule has 23 heavy (non-hydrogen) atoms. The number of rotatable bonds is 8. The van der Waals surface area contributed by atoms with Crippen LogP contribution in [0.2, 0.25) is 0 Å². The Bertz CT molecular complexity index is 701. The number of pyridine rings is 1. The van der Waals surface area contributed by atoms with Crippen molar-refractivity contribution in [2.24, 2.45) is 0 Å². The Balaban J connectivity index is 1.92. The van der Waals surface area contributed by atoms with Crippen LogP contribution in [-0.2, 0) is 10.0 Å². The van der Waals surface area contributed by atoms with Crippen LogP contribution >= 0.6 is 0 Å². The fourth-order valence-corrected chi connectivity index (χ4v) is 3.05. The van der Waals surface area contributed by atoms with Crippen LogP contribution in [0.25, 0.3) is 0 Å². The summed E-state index contributed by atoms with van der Waals surface area (Å²) in [5.74, 6) is 0.728. The maximum Gasteiger partial charge on any atom is 0.261 e. The normalized spacial score (nSPS) is 11.4. The van der Waals surface area contributed by atoms with E-state index in [1.54, 1.807) is 42.5 Å². The van der Waals surface area contributed by atoms with Crippen molar-refractivity contribution in [1.29, 1.82) is 0 Å². The van der Waals surface area contributed by atoms with Crippen LogP contribution in [0, 0.1) is 0 Å². The molecule has 0 aliphatic carbocycles. The lowest BCUT2D eigenvalue weighted by molar-refractivity contribution is 0.405. The van der Waals surface area contributed by atoms with Crippen molar-refractivity contribution in [1.82, 2.24) is 9.88 Å². The molecule has 1 heterocycles. The zero-order valence-electron chi connectivity index (χ0n) is 13.4. The standard InChI is InChI=1S/C16H22N4O2S/c1-20(2)12-6-11-17-16-10-9-14(13-18-16)19-23(21,22)15-7-4-3-5-8-15/h3-5,7-10,13,19H,6,11-12H2,1-2H3,(H,17,18). The zero-order valence-corrected chi connectivity index (χ0v) is 14.2. The highest BCUT2D eigenvalue weighted by atomic mass is 32.2. The first-order valence-electron chi connectivity index (χ1n) is 7.40. The molecule has 0 unspecified atom stereocenters. The Hall–Kier alpha value is -2.12. The van der Waals surface area contributed by atoms with Gasteiger partial charge in [0.05, 0.1) is 16.8 Å². The third kappa shape index (κ3) is 5.54. The summed E-state index contributed by atoms with van der Waals surface area (Å²) >= 11 is 0. The van der Waals surface area contributed by atoms with E-state index < -0.39 is 10.0 Å². The zero-order chi connectivity index (χ0) is 16.7. The van der Waals surface area contributed by atoms with Gasteiger partial charge in [-0.1, -0.05) is 18.2 Å². The number of benzene rings is 1. The van der Waals surface area contributed by atoms with Gasteiger partial charge < -0.3 is 10.2 Å². The van der Waals surface area contributed by atoms with Gasteiger partial charge in [-0.05, 0) is 51.3 Å². The van der Waals surface area contributed by atoms with E-state index in [1.165, 1.54) is 6.20 Å². The second-order valence-corrected chi connectivity index (χ2v) is 7.12. The third-order valence-electron chi connectivity index (χ3n) is 3.16. The Morgan fingerprint density at radius 1 is 1.09 bits per heavy atom. The van der Waals surface area contributed by atoms with E-state index in [4.69, 9.17) is 0 Å². The van der Waals surface area contributed by atoms with Crippen molar-refractivity contribution < 1.29 is 8.42 Å². The molecule has 0 spiro atoms. The highest BCUT2D eigenvalue weighted by Crippen LogP contribution is 2.16. The smallest absolute Gasteiger partial charge is 0.261 e. The first-order chi connectivity index (χ1) is 11.0. The molecule has 7 heteroatoms. The molecule has 124 valence electrons. The van der Waals surface area contributed by atoms with Gasteiger partial charge in [-0.3, -0.25) is 4.72 Å². The number of sulfonamides is 1. The van der Waals surface area contributed by atoms with Crippen LogP contribution in [-0.4, -0.2) is 45.5 Å². The third-order valence-corrected chi connectivity index (χ3v) is 4.55. The average Bonchev–Trinajstić information content (AvgIpc) is 2.53. The summed E-state index contributed by atoms with van der Waals surface area (Å²) in [7, 11) is 0.495. The fourth-order valence-electron chi connectivity index (χ4n) is 1.98. The molecule has 0 amide bonds. The molecule has 0 saturated carbocycles. The van der Waals surface area contributed by atoms with Gasteiger partial charge in [-0.25, -0.2) is 13.4 Å². The van der Waals surface area contributed by atoms with Gasteiger partial charge in [-0.2, -0.15) is 0 Å². The number of nitrogens with zero attached hydrogens (tertiary/aromatic N) is 2. The van der Waals surface area contributed by atoms with E-state index in [0.29, 0.717) is 5.69 Å². The van der Waals surface area contributed by atoms with Gasteiger partial charge in [0.1, 0.15) is 5.82 Å². The van der Waals surface area contributed by atoms with E-state index >= 15 is 0 Å². The van der Waals surface area contributed by atoms with Crippen molar-refractivity contribution >= 4 is 21.5 Å². The maximum absolute atomic E-state index is 12.2. The molecule has 1 aromatic heterocycles. The van der Waals surface area contributed by atoms with Crippen molar-refractivity contribution in [2.45, 2.75) is 11.3 Å². The summed E-state index contributed by atoms with van der Waals surface area (Å²) < 4.78 is 26.9. The van der Waals surface area contributed by atoms with Gasteiger partial charge in [0, 0.05) is 6.54 Å². The first-order valence-corrected chi connectivity index (χ1v) is 8.88. The number of aromatic nitrogens is 1. The number of hydrogen-bond donors (Lipinski definition) is 2. The van der Waals surface area contributed by atoms with Crippen LogP contribution in [0.1, 0.15) is 6.42 Å². The molecule has 6 nitrogen and oxygen atoms in total. The summed E-state index contributed by atoms with van der Waals surface area (Å²) in [4.78, 5) is 6.57. The molecule has 0 aliphatic rings. The topological polar surface area (TPSA) is 74.3 Å². The molecule has 2 N–H and O–H groups in total. The highest BCUT2D eigenvalue weighted by Gasteiger charge is 2.13. The summed E-state index contributed by atoms with van der Waals surface area (Å²) in [5.41, 5.74) is 0.438. The molecular weight excluding hydrogens is 312 g/mol. The summed E-state index contributed by atoms with van der Waals surface area (Å²) in [6.07, 6.45) is 2.52. The van der Waals surface area contributed by atoms with Crippen LogP contribution in [0.5, 0.6) is 0 Å². The second kappa shape index (κ2) is 7.94. The molecule has 0 atom stereocenters. The SMILES string of the molecule is CN(C)CCCNc1ccc(NS(=O)(=O)c2ccccc2)cn1. The van der Waals surface area contributed by atoms with E-state index in [-0.39, 0.29) is 4.90 Å². The Kier molecular flexibility index (Phi) is 5.95. The van der Waals surface area contributed by atoms with Gasteiger partial charge in [-0.15, -0.1) is 0 Å². The average molecular weight is 334 g/mol. The molecule has 2 rings (SSSR count). The highest BCUT2D eigenvalue weighted by molar-refractivity contribution is 7.92. The van der Waals surface area contributed by atoms with E-state index in [9.17, 15) is 8.42 Å². The van der Waals surface area contributed by atoms with Crippen LogP contribution in [0.15, 0.2) is 53.6 Å². The maximum atomic E-state index is 12.2. The molecule has 1 aromatic carbocycles. The van der Waals surface area contributed by atoms with E-state index in [0.717, 1.165) is 25.3 Å². The van der Waals surface area contributed by atoms with Crippen molar-refractivity contribution in [3.05, 3.63) is 48.7 Å². The molecule has 2 aromatic rings. The molecule has 0 radical (unpaired) electrons. The minimum absolute atomic E-state index is 0.228. The minimum atomic E-state index is -3.57. The van der Waals surface area contributed by atoms with Gasteiger partial charge in [0.25, 0.3) is 10.0 Å². The van der Waals surface area contributed by atoms with Crippen molar-refractivity contribution in [3.63, 3.8) is 0 Å². The lowest BCUT2D eigenvalue weighted by Gasteiger charge is -2.11. The summed E-state index contributed by atoms with van der Waals surface area (Å²) in [5, 5.41) is 3.21. The Morgan fingerprint density at radius 3 is 2.43 bits per heavy atom. The van der Waals surface area contributed by atoms with Gasteiger partial charge >= 0.3 is 0 Å². The summed E-state index contributed by atoms with van der Waals surface area (Å²) in [6.45, 7) is 1.82. The molecule has 0 aliphatic heterocycles. The van der Waals surface area contributed by atoms with Gasteiger partial charge in [0.2, 0.25) is 0 Å². The predicted molar refractivity (Wildman–Crippen MR) is 93.1 cm³/mol. The number of nitrogens with one attached hydrogen (secondary N) is 2. The summed E-state index contributed by atoms with van der Waals surface area (Å²) in [6, 6.07) is 11.7. The van der Waals surface area contributed by atoms with Gasteiger partial charge in [0.15, 0.2) is 0 Å². The van der Waals surface area contributed by atoms with Crippen LogP contribution < -0.4 is 10.0 Å². The van der Waals surface area contributed by atoms with Crippen LogP contribution in [0.4, 0.5) is 11.5 Å². The van der Waals surface area contributed by atoms with Crippen molar-refractivity contribution in [3.8, 4) is 0 Å². The van der Waals surface area contributed by atoms with Crippen molar-refractivity contribution in [2.75, 3.05) is 37.2 Å². The predicted octanol–water partition coefficient (Wildman–Crippen LogP) is 2.25. The lowest BCUT2D eigenvalue weighted by Crippen LogP contribution is -2.16. The monoisotopic (exact) mass is 334 g/mol. The van der Waals surface area contributed by atoms with Crippen LogP contribution in [0.3, 0.4) is 0 Å². The largest absolute Gasteiger partial charge is 0.370 e. The van der Waals surface area contributed by atoms with E-state index in [2.05, 4.69) is 19.9 Å². The number of hydrogen-bond acceptors (Lipinski definition) is 5. The molecular formula is C16H22N4O2S. The minimum Gasteiger partial charge on any atom is -0.370 e. The van der Waals surface area contributed by atoms with E-state index in [1.807, 2.05) is 14.1 Å². The Morgan fingerprint density at radius 2 is 1.83 bits per heavy atom.